The Morgan fingerprint density at radius 1 is 1.58 bits per heavy atom. The predicted octanol–water partition coefficient (Wildman–Crippen LogP) is 2.50. The van der Waals surface area contributed by atoms with Gasteiger partial charge < -0.3 is 9.47 Å². The van der Waals surface area contributed by atoms with Gasteiger partial charge in [0.05, 0.1) is 0 Å². The number of ether oxygens (including phenoxy) is 2. The molecule has 0 bridgehead atoms. The van der Waals surface area contributed by atoms with Crippen LogP contribution in [-0.4, -0.2) is 18.6 Å². The normalized spacial score (nSPS) is 9.42. The van der Waals surface area contributed by atoms with E-state index in [1.165, 1.54) is 11.3 Å². The van der Waals surface area contributed by atoms with Crippen molar-refractivity contribution in [2.45, 2.75) is 0 Å². The second kappa shape index (κ2) is 5.00. The van der Waals surface area contributed by atoms with Crippen molar-refractivity contribution >= 4 is 28.4 Å². The molecular formula is C7H7ClO3S. The van der Waals surface area contributed by atoms with Crippen molar-refractivity contribution < 1.29 is 14.3 Å². The fourth-order valence-electron chi connectivity index (χ4n) is 0.610. The first-order valence-corrected chi connectivity index (χ1v) is 4.53. The number of hydrogen-bond acceptors (Lipinski definition) is 4. The number of hydrogen-bond donors (Lipinski definition) is 0. The predicted molar refractivity (Wildman–Crippen MR) is 47.0 cm³/mol. The molecule has 66 valence electrons. The van der Waals surface area contributed by atoms with Crippen molar-refractivity contribution in [1.29, 1.82) is 0 Å². The van der Waals surface area contributed by atoms with Crippen LogP contribution in [0.4, 0.5) is 4.79 Å². The van der Waals surface area contributed by atoms with Crippen LogP contribution in [0.5, 0.6) is 5.06 Å². The molecule has 0 atom stereocenters. The lowest BCUT2D eigenvalue weighted by Gasteiger charge is -2.01. The molecule has 5 heteroatoms. The Morgan fingerprint density at radius 2 is 2.42 bits per heavy atom. The highest BCUT2D eigenvalue weighted by atomic mass is 35.5. The summed E-state index contributed by atoms with van der Waals surface area (Å²) in [5.41, 5.74) is -0.801. The molecule has 1 heterocycles. The molecule has 0 fully saturated rings. The second-order valence-corrected chi connectivity index (χ2v) is 3.09. The topological polar surface area (TPSA) is 35.5 Å². The van der Waals surface area contributed by atoms with E-state index in [0.29, 0.717) is 6.61 Å². The standard InChI is InChI=1S/C7H7ClO3S/c8-7(9)11-4-3-10-6-2-1-5-12-6/h1-2,5H,3-4H2. The number of carbonyl (C=O) groups is 1. The van der Waals surface area contributed by atoms with Crippen molar-refractivity contribution in [3.8, 4) is 5.06 Å². The summed E-state index contributed by atoms with van der Waals surface area (Å²) < 4.78 is 9.63. The van der Waals surface area contributed by atoms with E-state index >= 15 is 0 Å². The van der Waals surface area contributed by atoms with Gasteiger partial charge in [0.15, 0.2) is 5.06 Å². The van der Waals surface area contributed by atoms with Gasteiger partial charge >= 0.3 is 5.43 Å². The molecular weight excluding hydrogens is 200 g/mol. The third kappa shape index (κ3) is 3.59. The number of halogens is 1. The minimum absolute atomic E-state index is 0.181. The highest BCUT2D eigenvalue weighted by molar-refractivity contribution is 7.11. The van der Waals surface area contributed by atoms with E-state index < -0.39 is 5.43 Å². The lowest BCUT2D eigenvalue weighted by Crippen LogP contribution is -2.06. The van der Waals surface area contributed by atoms with Gasteiger partial charge in [-0.15, -0.1) is 11.3 Å². The Labute approximate surface area is 78.9 Å². The Hall–Kier alpha value is -0.740. The molecule has 12 heavy (non-hydrogen) atoms. The fourth-order valence-corrected chi connectivity index (χ4v) is 1.29. The molecule has 0 saturated heterocycles. The van der Waals surface area contributed by atoms with Crippen LogP contribution in [0.2, 0.25) is 0 Å². The Bertz CT molecular complexity index is 235. The molecule has 0 aliphatic heterocycles. The Morgan fingerprint density at radius 3 is 3.00 bits per heavy atom. The average Bonchev–Trinajstić information content (AvgIpc) is 2.49. The first-order chi connectivity index (χ1) is 5.79. The van der Waals surface area contributed by atoms with Crippen LogP contribution in [0.25, 0.3) is 0 Å². The minimum atomic E-state index is -0.801. The summed E-state index contributed by atoms with van der Waals surface area (Å²) in [5, 5.41) is 2.71. The van der Waals surface area contributed by atoms with Gasteiger partial charge in [-0.25, -0.2) is 4.79 Å². The van der Waals surface area contributed by atoms with E-state index in [-0.39, 0.29) is 6.61 Å². The molecule has 0 N–H and O–H groups in total. The molecule has 0 radical (unpaired) electrons. The third-order valence-corrected chi connectivity index (χ3v) is 1.93. The summed E-state index contributed by atoms with van der Waals surface area (Å²) in [5.74, 6) is 0. The summed E-state index contributed by atoms with van der Waals surface area (Å²) in [6, 6.07) is 3.72. The van der Waals surface area contributed by atoms with Gasteiger partial charge in [-0.2, -0.15) is 0 Å². The van der Waals surface area contributed by atoms with Crippen LogP contribution in [0.15, 0.2) is 17.5 Å². The lowest BCUT2D eigenvalue weighted by atomic mass is 10.6. The molecule has 0 spiro atoms. The molecule has 3 nitrogen and oxygen atoms in total. The zero-order chi connectivity index (χ0) is 8.81. The number of rotatable bonds is 4. The maximum Gasteiger partial charge on any atom is 0.403 e. The van der Waals surface area contributed by atoms with E-state index in [1.807, 2.05) is 17.5 Å². The van der Waals surface area contributed by atoms with E-state index in [0.717, 1.165) is 5.06 Å². The highest BCUT2D eigenvalue weighted by Gasteiger charge is 1.96. The van der Waals surface area contributed by atoms with Crippen LogP contribution >= 0.6 is 22.9 Å². The van der Waals surface area contributed by atoms with E-state index in [1.54, 1.807) is 0 Å². The Balaban J connectivity index is 2.07. The van der Waals surface area contributed by atoms with Gasteiger partial charge in [-0.3, -0.25) is 0 Å². The van der Waals surface area contributed by atoms with Crippen molar-refractivity contribution in [3.05, 3.63) is 17.5 Å². The van der Waals surface area contributed by atoms with Gasteiger partial charge in [-0.05, 0) is 17.5 Å². The summed E-state index contributed by atoms with van der Waals surface area (Å²) in [4.78, 5) is 10.1. The minimum Gasteiger partial charge on any atom is -0.480 e. The molecule has 0 aliphatic rings. The quantitative estimate of drug-likeness (QED) is 0.561. The fraction of sp³-hybridized carbons (Fsp3) is 0.286. The summed E-state index contributed by atoms with van der Waals surface area (Å²) in [6.45, 7) is 0.513. The third-order valence-electron chi connectivity index (χ3n) is 1.04. The molecule has 1 aromatic rings. The molecule has 0 aromatic carbocycles. The first-order valence-electron chi connectivity index (χ1n) is 3.27. The van der Waals surface area contributed by atoms with Gasteiger partial charge in [0.1, 0.15) is 13.2 Å². The lowest BCUT2D eigenvalue weighted by molar-refractivity contribution is 0.149. The zero-order valence-corrected chi connectivity index (χ0v) is 7.73. The van der Waals surface area contributed by atoms with Crippen LogP contribution in [0, 0.1) is 0 Å². The average molecular weight is 207 g/mol. The van der Waals surface area contributed by atoms with Gasteiger partial charge in [0, 0.05) is 11.6 Å². The summed E-state index contributed by atoms with van der Waals surface area (Å²) >= 11 is 6.41. The smallest absolute Gasteiger partial charge is 0.403 e. The highest BCUT2D eigenvalue weighted by Crippen LogP contribution is 2.17. The van der Waals surface area contributed by atoms with Crippen molar-refractivity contribution in [2.75, 3.05) is 13.2 Å². The number of thiophene rings is 1. The summed E-state index contributed by atoms with van der Waals surface area (Å²) in [7, 11) is 0. The van der Waals surface area contributed by atoms with E-state index in [9.17, 15) is 4.79 Å². The SMILES string of the molecule is O=C(Cl)OCCOc1cccs1. The molecule has 0 unspecified atom stereocenters. The monoisotopic (exact) mass is 206 g/mol. The second-order valence-electron chi connectivity index (χ2n) is 1.87. The van der Waals surface area contributed by atoms with Crippen LogP contribution in [0.1, 0.15) is 0 Å². The maximum atomic E-state index is 10.1. The Kier molecular flexibility index (Phi) is 3.90. The van der Waals surface area contributed by atoms with Gasteiger partial charge in [0.2, 0.25) is 0 Å². The van der Waals surface area contributed by atoms with Gasteiger partial charge in [-0.1, -0.05) is 0 Å². The van der Waals surface area contributed by atoms with Gasteiger partial charge in [0.25, 0.3) is 0 Å². The van der Waals surface area contributed by atoms with E-state index in [4.69, 9.17) is 16.3 Å². The largest absolute Gasteiger partial charge is 0.480 e. The van der Waals surface area contributed by atoms with Crippen LogP contribution in [0.3, 0.4) is 0 Å². The van der Waals surface area contributed by atoms with Crippen molar-refractivity contribution in [1.82, 2.24) is 0 Å². The van der Waals surface area contributed by atoms with Crippen LogP contribution < -0.4 is 4.74 Å². The zero-order valence-electron chi connectivity index (χ0n) is 6.16. The van der Waals surface area contributed by atoms with Crippen LogP contribution in [-0.2, 0) is 4.74 Å². The maximum absolute atomic E-state index is 10.1. The first kappa shape index (κ1) is 9.35. The molecule has 0 saturated carbocycles. The molecule has 0 amide bonds. The number of carbonyl (C=O) groups excluding carboxylic acids is 1. The van der Waals surface area contributed by atoms with Crippen molar-refractivity contribution in [3.63, 3.8) is 0 Å². The molecule has 1 aromatic heterocycles. The summed E-state index contributed by atoms with van der Waals surface area (Å²) in [6.07, 6.45) is 0. The molecule has 0 aliphatic carbocycles. The van der Waals surface area contributed by atoms with Crippen molar-refractivity contribution in [2.24, 2.45) is 0 Å². The van der Waals surface area contributed by atoms with E-state index in [2.05, 4.69) is 4.74 Å². The molecule has 1 rings (SSSR count).